The summed E-state index contributed by atoms with van der Waals surface area (Å²) in [6.45, 7) is 8.54. The summed E-state index contributed by atoms with van der Waals surface area (Å²) in [6.07, 6.45) is 0.109. The van der Waals surface area contributed by atoms with Gasteiger partial charge in [0.05, 0.1) is 19.3 Å². The lowest BCUT2D eigenvalue weighted by Gasteiger charge is -2.27. The molecule has 1 aromatic carbocycles. The SMILES string of the molecule is Cc1cc(C(=O)Nc2ccc(OC(C)C)cc2)nc(N2CCOCC2)n1. The van der Waals surface area contributed by atoms with Gasteiger partial charge in [0.1, 0.15) is 11.4 Å². The number of carbonyl (C=O) groups excluding carboxylic acids is 1. The molecular formula is C19H24N4O3. The van der Waals surface area contributed by atoms with Crippen molar-refractivity contribution in [3.63, 3.8) is 0 Å². The molecule has 0 unspecified atom stereocenters. The molecule has 1 aliphatic heterocycles. The van der Waals surface area contributed by atoms with Crippen LogP contribution in [0.4, 0.5) is 11.6 Å². The van der Waals surface area contributed by atoms with E-state index in [4.69, 9.17) is 9.47 Å². The normalized spacial score (nSPS) is 14.4. The van der Waals surface area contributed by atoms with Gasteiger partial charge in [-0.05, 0) is 51.1 Å². The number of amides is 1. The highest BCUT2D eigenvalue weighted by molar-refractivity contribution is 6.03. The number of carbonyl (C=O) groups is 1. The maximum Gasteiger partial charge on any atom is 0.274 e. The molecule has 26 heavy (non-hydrogen) atoms. The molecule has 3 rings (SSSR count). The third kappa shape index (κ3) is 4.70. The van der Waals surface area contributed by atoms with Crippen LogP contribution in [-0.4, -0.2) is 48.3 Å². The van der Waals surface area contributed by atoms with Crippen molar-refractivity contribution in [3.8, 4) is 5.75 Å². The number of hydrogen-bond donors (Lipinski definition) is 1. The first kappa shape index (κ1) is 18.1. The van der Waals surface area contributed by atoms with Crippen molar-refractivity contribution in [2.24, 2.45) is 0 Å². The van der Waals surface area contributed by atoms with Crippen LogP contribution in [0, 0.1) is 6.92 Å². The Hall–Kier alpha value is -2.67. The van der Waals surface area contributed by atoms with Gasteiger partial charge in [-0.3, -0.25) is 4.79 Å². The van der Waals surface area contributed by atoms with Crippen LogP contribution < -0.4 is 15.0 Å². The molecule has 0 atom stereocenters. The Morgan fingerprint density at radius 1 is 1.19 bits per heavy atom. The fourth-order valence-corrected chi connectivity index (χ4v) is 2.66. The molecule has 1 N–H and O–H groups in total. The topological polar surface area (TPSA) is 76.6 Å². The van der Waals surface area contributed by atoms with Crippen molar-refractivity contribution in [1.29, 1.82) is 0 Å². The molecule has 0 aliphatic carbocycles. The molecular weight excluding hydrogens is 332 g/mol. The minimum Gasteiger partial charge on any atom is -0.491 e. The number of rotatable bonds is 5. The predicted octanol–water partition coefficient (Wildman–Crippen LogP) is 2.66. The highest BCUT2D eigenvalue weighted by atomic mass is 16.5. The van der Waals surface area contributed by atoms with Crippen LogP contribution >= 0.6 is 0 Å². The standard InChI is InChI=1S/C19H24N4O3/c1-13(2)26-16-6-4-15(5-7-16)21-18(24)17-12-14(3)20-19(22-17)23-8-10-25-11-9-23/h4-7,12-13H,8-11H2,1-3H3,(H,21,24). The fraction of sp³-hybridized carbons (Fsp3) is 0.421. The molecule has 7 heteroatoms. The first-order valence-electron chi connectivity index (χ1n) is 8.78. The van der Waals surface area contributed by atoms with Crippen molar-refractivity contribution in [2.75, 3.05) is 36.5 Å². The van der Waals surface area contributed by atoms with Gasteiger partial charge in [0.15, 0.2) is 0 Å². The van der Waals surface area contributed by atoms with Gasteiger partial charge >= 0.3 is 0 Å². The van der Waals surface area contributed by atoms with Crippen LogP contribution in [-0.2, 0) is 4.74 Å². The number of nitrogens with zero attached hydrogens (tertiary/aromatic N) is 3. The summed E-state index contributed by atoms with van der Waals surface area (Å²) in [5.41, 5.74) is 1.80. The summed E-state index contributed by atoms with van der Waals surface area (Å²) >= 11 is 0. The maximum absolute atomic E-state index is 12.6. The molecule has 1 amide bonds. The smallest absolute Gasteiger partial charge is 0.274 e. The van der Waals surface area contributed by atoms with Crippen molar-refractivity contribution < 1.29 is 14.3 Å². The first-order chi connectivity index (χ1) is 12.5. The van der Waals surface area contributed by atoms with Crippen molar-refractivity contribution in [1.82, 2.24) is 9.97 Å². The summed E-state index contributed by atoms with van der Waals surface area (Å²) in [5.74, 6) is 1.08. The van der Waals surface area contributed by atoms with E-state index in [-0.39, 0.29) is 12.0 Å². The van der Waals surface area contributed by atoms with E-state index in [0.717, 1.165) is 24.5 Å². The van der Waals surface area contributed by atoms with Gasteiger partial charge in [-0.1, -0.05) is 0 Å². The third-order valence-corrected chi connectivity index (χ3v) is 3.85. The lowest BCUT2D eigenvalue weighted by atomic mass is 10.2. The minimum atomic E-state index is -0.262. The Kier molecular flexibility index (Phi) is 5.68. The van der Waals surface area contributed by atoms with E-state index in [9.17, 15) is 4.79 Å². The highest BCUT2D eigenvalue weighted by Gasteiger charge is 2.17. The monoisotopic (exact) mass is 356 g/mol. The third-order valence-electron chi connectivity index (χ3n) is 3.85. The minimum absolute atomic E-state index is 0.109. The molecule has 1 saturated heterocycles. The second-order valence-corrected chi connectivity index (χ2v) is 6.44. The van der Waals surface area contributed by atoms with Crippen LogP contribution in [0.2, 0.25) is 0 Å². The predicted molar refractivity (Wildman–Crippen MR) is 100.0 cm³/mol. The average Bonchev–Trinajstić information content (AvgIpc) is 2.63. The molecule has 0 radical (unpaired) electrons. The zero-order valence-corrected chi connectivity index (χ0v) is 15.4. The number of aromatic nitrogens is 2. The molecule has 1 aliphatic rings. The van der Waals surface area contributed by atoms with E-state index >= 15 is 0 Å². The molecule has 7 nitrogen and oxygen atoms in total. The van der Waals surface area contributed by atoms with Crippen molar-refractivity contribution >= 4 is 17.5 Å². The zero-order chi connectivity index (χ0) is 18.5. The number of nitrogens with one attached hydrogen (secondary N) is 1. The second-order valence-electron chi connectivity index (χ2n) is 6.44. The Morgan fingerprint density at radius 2 is 1.88 bits per heavy atom. The number of hydrogen-bond acceptors (Lipinski definition) is 6. The lowest BCUT2D eigenvalue weighted by molar-refractivity contribution is 0.102. The number of anilines is 2. The summed E-state index contributed by atoms with van der Waals surface area (Å²) < 4.78 is 11.0. The van der Waals surface area contributed by atoms with Crippen LogP contribution in [0.25, 0.3) is 0 Å². The first-order valence-corrected chi connectivity index (χ1v) is 8.78. The second kappa shape index (κ2) is 8.14. The number of ether oxygens (including phenoxy) is 2. The Bertz CT molecular complexity index is 756. The zero-order valence-electron chi connectivity index (χ0n) is 15.4. The summed E-state index contributed by atoms with van der Waals surface area (Å²) in [6, 6.07) is 8.98. The van der Waals surface area contributed by atoms with Crippen LogP contribution in [0.15, 0.2) is 30.3 Å². The molecule has 2 aromatic rings. The molecule has 0 saturated carbocycles. The fourth-order valence-electron chi connectivity index (χ4n) is 2.66. The molecule has 1 aromatic heterocycles. The lowest BCUT2D eigenvalue weighted by Crippen LogP contribution is -2.37. The van der Waals surface area contributed by atoms with Gasteiger partial charge < -0.3 is 19.7 Å². The molecule has 0 bridgehead atoms. The largest absolute Gasteiger partial charge is 0.491 e. The molecule has 1 fully saturated rings. The summed E-state index contributed by atoms with van der Waals surface area (Å²) in [7, 11) is 0. The van der Waals surface area contributed by atoms with Gasteiger partial charge in [-0.25, -0.2) is 9.97 Å². The maximum atomic E-state index is 12.6. The van der Waals surface area contributed by atoms with Gasteiger partial charge in [-0.15, -0.1) is 0 Å². The van der Waals surface area contributed by atoms with E-state index in [2.05, 4.69) is 15.3 Å². The number of aryl methyl sites for hydroxylation is 1. The Labute approximate surface area is 153 Å². The van der Waals surface area contributed by atoms with Gasteiger partial charge in [0.25, 0.3) is 5.91 Å². The number of morpholine rings is 1. The quantitative estimate of drug-likeness (QED) is 0.888. The average molecular weight is 356 g/mol. The summed E-state index contributed by atoms with van der Waals surface area (Å²) in [5, 5.41) is 2.87. The Morgan fingerprint density at radius 3 is 2.54 bits per heavy atom. The van der Waals surface area contributed by atoms with Crippen LogP contribution in [0.3, 0.4) is 0 Å². The van der Waals surface area contributed by atoms with Crippen LogP contribution in [0.5, 0.6) is 5.75 Å². The van der Waals surface area contributed by atoms with Gasteiger partial charge in [0.2, 0.25) is 5.95 Å². The Balaban J connectivity index is 1.72. The van der Waals surface area contributed by atoms with Crippen molar-refractivity contribution in [3.05, 3.63) is 41.7 Å². The van der Waals surface area contributed by atoms with E-state index < -0.39 is 0 Å². The van der Waals surface area contributed by atoms with E-state index in [0.29, 0.717) is 30.5 Å². The molecule has 138 valence electrons. The molecule has 2 heterocycles. The van der Waals surface area contributed by atoms with Crippen molar-refractivity contribution in [2.45, 2.75) is 26.9 Å². The number of benzene rings is 1. The van der Waals surface area contributed by atoms with E-state index in [1.54, 1.807) is 6.07 Å². The molecule has 0 spiro atoms. The van der Waals surface area contributed by atoms with E-state index in [1.165, 1.54) is 0 Å². The van der Waals surface area contributed by atoms with Gasteiger partial charge in [0, 0.05) is 24.5 Å². The summed E-state index contributed by atoms with van der Waals surface area (Å²) in [4.78, 5) is 23.5. The van der Waals surface area contributed by atoms with Crippen LogP contribution in [0.1, 0.15) is 30.0 Å². The van der Waals surface area contributed by atoms with Gasteiger partial charge in [-0.2, -0.15) is 0 Å². The highest BCUT2D eigenvalue weighted by Crippen LogP contribution is 2.18. The van der Waals surface area contributed by atoms with E-state index in [1.807, 2.05) is 49.9 Å².